The Morgan fingerprint density at radius 2 is 2.41 bits per heavy atom. The standard InChI is InChI=1S/C13H12NO3/c1-3-16-11-6-4-5-10(7-11)8-12-13(15)17-9(2)14-12/h4-5,7-8H,3H2,1-2H3/b12-8-. The quantitative estimate of drug-likeness (QED) is 0.590. The molecule has 0 saturated carbocycles. The van der Waals surface area contributed by atoms with Crippen molar-refractivity contribution in [2.24, 2.45) is 4.99 Å². The van der Waals surface area contributed by atoms with E-state index in [4.69, 9.17) is 9.47 Å². The van der Waals surface area contributed by atoms with Crippen LogP contribution in [0.3, 0.4) is 0 Å². The minimum atomic E-state index is -0.423. The number of ether oxygens (including phenoxy) is 2. The molecule has 0 aliphatic carbocycles. The number of esters is 1. The lowest BCUT2D eigenvalue weighted by atomic mass is 10.2. The van der Waals surface area contributed by atoms with Gasteiger partial charge in [-0.15, -0.1) is 0 Å². The van der Waals surface area contributed by atoms with Crippen LogP contribution in [0.4, 0.5) is 0 Å². The summed E-state index contributed by atoms with van der Waals surface area (Å²) in [4.78, 5) is 15.4. The van der Waals surface area contributed by atoms with Crippen LogP contribution in [0.15, 0.2) is 28.9 Å². The predicted octanol–water partition coefficient (Wildman–Crippen LogP) is 2.20. The summed E-state index contributed by atoms with van der Waals surface area (Å²) in [6, 6.07) is 8.32. The molecule has 0 amide bonds. The van der Waals surface area contributed by atoms with E-state index in [2.05, 4.69) is 11.1 Å². The molecular weight excluding hydrogens is 218 g/mol. The number of carbonyl (C=O) groups excluding carboxylic acids is 1. The number of aliphatic imine (C=N–C) groups is 1. The summed E-state index contributed by atoms with van der Waals surface area (Å²) in [5.74, 6) is 0.594. The van der Waals surface area contributed by atoms with Crippen molar-refractivity contribution in [3.8, 4) is 5.75 Å². The third-order valence-corrected chi connectivity index (χ3v) is 2.13. The fourth-order valence-electron chi connectivity index (χ4n) is 1.46. The molecule has 4 nitrogen and oxygen atoms in total. The lowest BCUT2D eigenvalue weighted by Gasteiger charge is -2.02. The van der Waals surface area contributed by atoms with Gasteiger partial charge in [0, 0.05) is 13.0 Å². The van der Waals surface area contributed by atoms with E-state index in [9.17, 15) is 4.79 Å². The summed E-state index contributed by atoms with van der Waals surface area (Å²) in [7, 11) is 0. The van der Waals surface area contributed by atoms with Gasteiger partial charge in [0.2, 0.25) is 0 Å². The highest BCUT2D eigenvalue weighted by molar-refractivity contribution is 6.06. The number of benzene rings is 1. The first kappa shape index (κ1) is 11.4. The molecule has 0 atom stereocenters. The van der Waals surface area contributed by atoms with Crippen LogP contribution in [0.25, 0.3) is 6.08 Å². The average Bonchev–Trinajstić information content (AvgIpc) is 2.58. The zero-order valence-electron chi connectivity index (χ0n) is 9.69. The van der Waals surface area contributed by atoms with Gasteiger partial charge in [-0.05, 0) is 30.7 Å². The van der Waals surface area contributed by atoms with E-state index in [1.165, 1.54) is 0 Å². The van der Waals surface area contributed by atoms with Crippen molar-refractivity contribution in [3.63, 3.8) is 0 Å². The zero-order chi connectivity index (χ0) is 12.3. The van der Waals surface area contributed by atoms with Crippen LogP contribution in [0.1, 0.15) is 19.4 Å². The lowest BCUT2D eigenvalue weighted by Crippen LogP contribution is -1.99. The first-order valence-corrected chi connectivity index (χ1v) is 5.32. The molecule has 17 heavy (non-hydrogen) atoms. The molecule has 0 spiro atoms. The van der Waals surface area contributed by atoms with Crippen molar-refractivity contribution in [1.82, 2.24) is 0 Å². The molecule has 4 heteroatoms. The van der Waals surface area contributed by atoms with Gasteiger partial charge in [-0.1, -0.05) is 6.07 Å². The van der Waals surface area contributed by atoms with Crippen LogP contribution >= 0.6 is 0 Å². The molecule has 1 aromatic rings. The van der Waals surface area contributed by atoms with Crippen molar-refractivity contribution >= 4 is 17.9 Å². The number of cyclic esters (lactones) is 1. The van der Waals surface area contributed by atoms with Gasteiger partial charge in [-0.2, -0.15) is 0 Å². The van der Waals surface area contributed by atoms with Crippen LogP contribution < -0.4 is 4.74 Å². The second-order valence-electron chi connectivity index (χ2n) is 3.47. The molecule has 0 N–H and O–H groups in total. The molecule has 87 valence electrons. The Hall–Kier alpha value is -2.10. The number of hydrogen-bond acceptors (Lipinski definition) is 4. The molecular formula is C13H12NO3. The summed E-state index contributed by atoms with van der Waals surface area (Å²) >= 11 is 0. The average molecular weight is 230 g/mol. The smallest absolute Gasteiger partial charge is 0.363 e. The first-order valence-electron chi connectivity index (χ1n) is 5.32. The van der Waals surface area contributed by atoms with Crippen molar-refractivity contribution in [1.29, 1.82) is 0 Å². The van der Waals surface area contributed by atoms with Crippen molar-refractivity contribution in [2.75, 3.05) is 6.61 Å². The summed E-state index contributed by atoms with van der Waals surface area (Å²) in [5, 5.41) is 0. The molecule has 0 unspecified atom stereocenters. The van der Waals surface area contributed by atoms with E-state index in [-0.39, 0.29) is 0 Å². The largest absolute Gasteiger partial charge is 0.493 e. The van der Waals surface area contributed by atoms with Gasteiger partial charge in [0.1, 0.15) is 5.75 Å². The van der Waals surface area contributed by atoms with E-state index in [0.717, 1.165) is 5.56 Å². The zero-order valence-corrected chi connectivity index (χ0v) is 9.69. The highest BCUT2D eigenvalue weighted by Gasteiger charge is 2.19. The van der Waals surface area contributed by atoms with Crippen LogP contribution in [0.2, 0.25) is 0 Å². The Kier molecular flexibility index (Phi) is 3.23. The molecule has 0 bridgehead atoms. The summed E-state index contributed by atoms with van der Waals surface area (Å²) in [6.45, 7) is 4.12. The highest BCUT2D eigenvalue weighted by atomic mass is 16.6. The molecule has 2 rings (SSSR count). The number of rotatable bonds is 3. The van der Waals surface area contributed by atoms with E-state index in [0.29, 0.717) is 24.0 Å². The maximum absolute atomic E-state index is 11.4. The van der Waals surface area contributed by atoms with Crippen molar-refractivity contribution in [2.45, 2.75) is 13.8 Å². The second-order valence-corrected chi connectivity index (χ2v) is 3.47. The Bertz CT molecular complexity index is 503. The predicted molar refractivity (Wildman–Crippen MR) is 63.6 cm³/mol. The van der Waals surface area contributed by atoms with Gasteiger partial charge in [0.05, 0.1) is 6.61 Å². The van der Waals surface area contributed by atoms with Gasteiger partial charge >= 0.3 is 5.97 Å². The van der Waals surface area contributed by atoms with E-state index >= 15 is 0 Å². The molecule has 1 aliphatic rings. The van der Waals surface area contributed by atoms with Crippen molar-refractivity contribution in [3.05, 3.63) is 35.5 Å². The molecule has 1 aliphatic heterocycles. The Morgan fingerprint density at radius 3 is 3.06 bits per heavy atom. The van der Waals surface area contributed by atoms with Gasteiger partial charge in [0.15, 0.2) is 11.6 Å². The SMILES string of the molecule is CCOc1[c]ccc(/C=C2\N=C(C)OC2=O)c1. The molecule has 1 heterocycles. The van der Waals surface area contributed by atoms with Crippen LogP contribution in [-0.4, -0.2) is 18.5 Å². The highest BCUT2D eigenvalue weighted by Crippen LogP contribution is 2.18. The molecule has 0 fully saturated rings. The third-order valence-electron chi connectivity index (χ3n) is 2.13. The van der Waals surface area contributed by atoms with Crippen LogP contribution in [0.5, 0.6) is 5.75 Å². The van der Waals surface area contributed by atoms with E-state index in [1.807, 2.05) is 13.0 Å². The first-order chi connectivity index (χ1) is 8.19. The van der Waals surface area contributed by atoms with Gasteiger partial charge < -0.3 is 9.47 Å². The van der Waals surface area contributed by atoms with E-state index in [1.54, 1.807) is 25.1 Å². The summed E-state index contributed by atoms with van der Waals surface area (Å²) < 4.78 is 10.1. The Balaban J connectivity index is 2.26. The fourth-order valence-corrected chi connectivity index (χ4v) is 1.46. The van der Waals surface area contributed by atoms with Gasteiger partial charge in [-0.25, -0.2) is 9.79 Å². The summed E-state index contributed by atoms with van der Waals surface area (Å²) in [6.07, 6.45) is 1.66. The Labute approximate surface area is 99.6 Å². The third kappa shape index (κ3) is 2.72. The maximum atomic E-state index is 11.4. The van der Waals surface area contributed by atoms with Gasteiger partial charge in [-0.3, -0.25) is 0 Å². The van der Waals surface area contributed by atoms with Crippen LogP contribution in [-0.2, 0) is 9.53 Å². The minimum Gasteiger partial charge on any atom is -0.493 e. The van der Waals surface area contributed by atoms with Gasteiger partial charge in [0.25, 0.3) is 0 Å². The maximum Gasteiger partial charge on any atom is 0.363 e. The normalized spacial score (nSPS) is 16.9. The van der Waals surface area contributed by atoms with E-state index < -0.39 is 5.97 Å². The molecule has 0 aromatic heterocycles. The minimum absolute atomic E-state index is 0.302. The number of carbonyl (C=O) groups is 1. The summed E-state index contributed by atoms with van der Waals surface area (Å²) in [5.41, 5.74) is 1.13. The number of nitrogens with zero attached hydrogens (tertiary/aromatic N) is 1. The monoisotopic (exact) mass is 230 g/mol. The number of hydrogen-bond donors (Lipinski definition) is 0. The molecule has 1 radical (unpaired) electrons. The molecule has 1 aromatic carbocycles. The second kappa shape index (κ2) is 4.82. The Morgan fingerprint density at radius 1 is 1.59 bits per heavy atom. The fraction of sp³-hybridized carbons (Fsp3) is 0.231. The van der Waals surface area contributed by atoms with Crippen molar-refractivity contribution < 1.29 is 14.3 Å². The topological polar surface area (TPSA) is 47.9 Å². The lowest BCUT2D eigenvalue weighted by molar-refractivity contribution is -0.130. The van der Waals surface area contributed by atoms with Crippen LogP contribution in [0, 0.1) is 6.07 Å². The molecule has 0 saturated heterocycles.